The van der Waals surface area contributed by atoms with Crippen molar-refractivity contribution in [1.82, 2.24) is 9.88 Å². The molecule has 1 fully saturated rings. The molecule has 1 aliphatic heterocycles. The van der Waals surface area contributed by atoms with Crippen LogP contribution in [0.5, 0.6) is 5.75 Å². The Morgan fingerprint density at radius 3 is 2.43 bits per heavy atom. The van der Waals surface area contributed by atoms with Crippen LogP contribution in [0.15, 0.2) is 78.6 Å². The maximum absolute atomic E-state index is 13.3. The van der Waals surface area contributed by atoms with E-state index in [9.17, 15) is 14.7 Å². The van der Waals surface area contributed by atoms with Crippen molar-refractivity contribution in [3.8, 4) is 5.75 Å². The summed E-state index contributed by atoms with van der Waals surface area (Å²) in [5, 5.41) is 11.3. The lowest BCUT2D eigenvalue weighted by Crippen LogP contribution is -2.29. The molecule has 1 aliphatic rings. The zero-order chi connectivity index (χ0) is 24.9. The van der Waals surface area contributed by atoms with E-state index in [0.717, 1.165) is 29.9 Å². The van der Waals surface area contributed by atoms with E-state index < -0.39 is 17.7 Å². The van der Waals surface area contributed by atoms with E-state index >= 15 is 0 Å². The lowest BCUT2D eigenvalue weighted by atomic mass is 9.95. The van der Waals surface area contributed by atoms with Gasteiger partial charge in [0.05, 0.1) is 18.7 Å². The summed E-state index contributed by atoms with van der Waals surface area (Å²) in [5.74, 6) is -1.06. The third-order valence-corrected chi connectivity index (χ3v) is 6.30. The normalized spacial score (nSPS) is 17.0. The van der Waals surface area contributed by atoms with Crippen LogP contribution in [0.2, 0.25) is 0 Å². The average Bonchev–Trinajstić information content (AvgIpc) is 3.15. The molecule has 1 unspecified atom stereocenters. The second kappa shape index (κ2) is 10.4. The van der Waals surface area contributed by atoms with Crippen LogP contribution in [0.3, 0.4) is 0 Å². The molecule has 1 saturated heterocycles. The van der Waals surface area contributed by atoms with E-state index in [1.807, 2.05) is 30.3 Å². The summed E-state index contributed by atoms with van der Waals surface area (Å²) in [6.45, 7) is 6.11. The van der Waals surface area contributed by atoms with Gasteiger partial charge in [-0.3, -0.25) is 14.6 Å². The Bertz CT molecular complexity index is 1230. The molecule has 0 saturated carbocycles. The first-order valence-electron chi connectivity index (χ1n) is 11.6. The number of carbonyl (C=O) groups is 2. The summed E-state index contributed by atoms with van der Waals surface area (Å²) in [5.41, 5.74) is 3.06. The Morgan fingerprint density at radius 2 is 1.80 bits per heavy atom. The van der Waals surface area contributed by atoms with E-state index in [2.05, 4.69) is 23.7 Å². The Morgan fingerprint density at radius 1 is 1.06 bits per heavy atom. The Labute approximate surface area is 205 Å². The van der Waals surface area contributed by atoms with Gasteiger partial charge in [-0.25, -0.2) is 0 Å². The van der Waals surface area contributed by atoms with Gasteiger partial charge in [0.25, 0.3) is 11.7 Å². The number of pyridine rings is 1. The number of hydrogen-bond acceptors (Lipinski definition) is 6. The number of aliphatic hydroxyl groups excluding tert-OH is 1. The summed E-state index contributed by atoms with van der Waals surface area (Å²) in [7, 11) is 1.53. The van der Waals surface area contributed by atoms with E-state index in [0.29, 0.717) is 11.3 Å². The molecule has 7 nitrogen and oxygen atoms in total. The van der Waals surface area contributed by atoms with E-state index in [1.165, 1.54) is 12.0 Å². The smallest absolute Gasteiger partial charge is 0.295 e. The second-order valence-corrected chi connectivity index (χ2v) is 8.28. The van der Waals surface area contributed by atoms with Crippen LogP contribution < -0.4 is 9.64 Å². The van der Waals surface area contributed by atoms with Gasteiger partial charge in [-0.05, 0) is 55.3 Å². The summed E-state index contributed by atoms with van der Waals surface area (Å²) >= 11 is 0. The molecule has 0 bridgehead atoms. The van der Waals surface area contributed by atoms with Crippen LogP contribution in [-0.4, -0.2) is 46.9 Å². The van der Waals surface area contributed by atoms with Crippen LogP contribution in [0.1, 0.15) is 36.6 Å². The van der Waals surface area contributed by atoms with E-state index in [4.69, 9.17) is 4.74 Å². The van der Waals surface area contributed by atoms with Crippen LogP contribution in [-0.2, 0) is 16.1 Å². The van der Waals surface area contributed by atoms with Crippen molar-refractivity contribution in [1.29, 1.82) is 0 Å². The molecule has 2 heterocycles. The number of ether oxygens (including phenoxy) is 1. The highest BCUT2D eigenvalue weighted by Crippen LogP contribution is 2.41. The number of amides is 1. The molecule has 1 atom stereocenters. The number of ketones is 1. The number of aromatic nitrogens is 1. The number of nitrogens with zero attached hydrogens (tertiary/aromatic N) is 3. The Hall–Kier alpha value is -4.13. The molecule has 0 aliphatic carbocycles. The van der Waals surface area contributed by atoms with Gasteiger partial charge >= 0.3 is 0 Å². The monoisotopic (exact) mass is 471 g/mol. The zero-order valence-corrected chi connectivity index (χ0v) is 20.1. The van der Waals surface area contributed by atoms with Crippen molar-refractivity contribution in [2.24, 2.45) is 0 Å². The maximum atomic E-state index is 13.3. The minimum atomic E-state index is -0.743. The van der Waals surface area contributed by atoms with Gasteiger partial charge in [-0.1, -0.05) is 30.3 Å². The highest BCUT2D eigenvalue weighted by Gasteiger charge is 2.46. The van der Waals surface area contributed by atoms with Crippen LogP contribution >= 0.6 is 0 Å². The van der Waals surface area contributed by atoms with Crippen LogP contribution in [0.25, 0.3) is 5.76 Å². The molecule has 0 radical (unpaired) electrons. The fourth-order valence-corrected chi connectivity index (χ4v) is 4.46. The number of rotatable bonds is 8. The van der Waals surface area contributed by atoms with E-state index in [1.54, 1.807) is 42.7 Å². The van der Waals surface area contributed by atoms with Crippen molar-refractivity contribution in [2.45, 2.75) is 26.4 Å². The predicted molar refractivity (Wildman–Crippen MR) is 135 cm³/mol. The van der Waals surface area contributed by atoms with Crippen LogP contribution in [0.4, 0.5) is 5.69 Å². The average molecular weight is 472 g/mol. The lowest BCUT2D eigenvalue weighted by molar-refractivity contribution is -0.140. The van der Waals surface area contributed by atoms with Gasteiger partial charge in [-0.15, -0.1) is 0 Å². The molecule has 1 N–H and O–H groups in total. The highest BCUT2D eigenvalue weighted by atomic mass is 16.5. The highest BCUT2D eigenvalue weighted by molar-refractivity contribution is 6.46. The third kappa shape index (κ3) is 4.75. The Kier molecular flexibility index (Phi) is 7.15. The van der Waals surface area contributed by atoms with Crippen molar-refractivity contribution in [3.05, 3.63) is 95.3 Å². The van der Waals surface area contributed by atoms with Gasteiger partial charge in [0.1, 0.15) is 11.5 Å². The van der Waals surface area contributed by atoms with Crippen molar-refractivity contribution in [3.63, 3.8) is 0 Å². The summed E-state index contributed by atoms with van der Waals surface area (Å²) in [6, 6.07) is 17.5. The summed E-state index contributed by atoms with van der Waals surface area (Å²) in [4.78, 5) is 34.3. The van der Waals surface area contributed by atoms with E-state index in [-0.39, 0.29) is 17.9 Å². The molecule has 1 aromatic heterocycles. The largest absolute Gasteiger partial charge is 0.507 e. The third-order valence-electron chi connectivity index (χ3n) is 6.30. The predicted octanol–water partition coefficient (Wildman–Crippen LogP) is 4.56. The van der Waals surface area contributed by atoms with Gasteiger partial charge in [0, 0.05) is 43.3 Å². The number of hydrogen-bond donors (Lipinski definition) is 1. The standard InChI is InChI=1S/C28H29N3O4/c1-4-30(5-2)22-13-11-20(12-14-22)25-24(26(32)21-9-6-10-23(16-21)35-3)27(33)28(34)31(25)18-19-8-7-15-29-17-19/h6-17,25,32H,4-5,18H2,1-3H3/b26-24-. The summed E-state index contributed by atoms with van der Waals surface area (Å²) in [6.07, 6.45) is 3.33. The number of benzene rings is 2. The first-order valence-corrected chi connectivity index (χ1v) is 11.6. The molecule has 0 spiro atoms. The minimum Gasteiger partial charge on any atom is -0.507 e. The first-order chi connectivity index (χ1) is 17.0. The molecular formula is C28H29N3O4. The summed E-state index contributed by atoms with van der Waals surface area (Å²) < 4.78 is 5.28. The van der Waals surface area contributed by atoms with Crippen LogP contribution in [0, 0.1) is 0 Å². The van der Waals surface area contributed by atoms with Gasteiger partial charge < -0.3 is 19.6 Å². The number of aliphatic hydroxyl groups is 1. The minimum absolute atomic E-state index is 0.0581. The first kappa shape index (κ1) is 24.0. The number of Topliss-reactive ketones (excluding diaryl/α,β-unsaturated/α-hetero) is 1. The second-order valence-electron chi connectivity index (χ2n) is 8.28. The Balaban J connectivity index is 1.83. The number of carbonyl (C=O) groups excluding carboxylic acids is 2. The van der Waals surface area contributed by atoms with Gasteiger partial charge in [0.15, 0.2) is 0 Å². The number of methoxy groups -OCH3 is 1. The fraction of sp³-hybridized carbons (Fsp3) is 0.250. The van der Waals surface area contributed by atoms with Crippen molar-refractivity contribution >= 4 is 23.1 Å². The maximum Gasteiger partial charge on any atom is 0.295 e. The van der Waals surface area contributed by atoms with Gasteiger partial charge in [0.2, 0.25) is 0 Å². The molecule has 35 heavy (non-hydrogen) atoms. The van der Waals surface area contributed by atoms with Gasteiger partial charge in [-0.2, -0.15) is 0 Å². The molecule has 4 rings (SSSR count). The molecular weight excluding hydrogens is 442 g/mol. The van der Waals surface area contributed by atoms with Crippen molar-refractivity contribution in [2.75, 3.05) is 25.1 Å². The lowest BCUT2D eigenvalue weighted by Gasteiger charge is -2.26. The molecule has 2 aromatic carbocycles. The topological polar surface area (TPSA) is 83.0 Å². The molecule has 1 amide bonds. The quantitative estimate of drug-likeness (QED) is 0.295. The number of likely N-dealkylation sites (tertiary alicyclic amines) is 1. The zero-order valence-electron chi connectivity index (χ0n) is 20.1. The molecule has 3 aromatic rings. The molecule has 7 heteroatoms. The molecule has 180 valence electrons. The SMILES string of the molecule is CCN(CC)c1ccc(C2/C(=C(/O)c3cccc(OC)c3)C(=O)C(=O)N2Cc2cccnc2)cc1. The fourth-order valence-electron chi connectivity index (χ4n) is 4.46. The van der Waals surface area contributed by atoms with Crippen molar-refractivity contribution < 1.29 is 19.4 Å². The number of anilines is 1.